The van der Waals surface area contributed by atoms with Crippen LogP contribution in [0.4, 0.5) is 0 Å². The molecule has 0 unspecified atom stereocenters. The number of esters is 1. The topological polar surface area (TPSA) is 60.3 Å². The zero-order valence-electron chi connectivity index (χ0n) is 14.9. The lowest BCUT2D eigenvalue weighted by atomic mass is 10.1. The molecule has 0 aliphatic carbocycles. The predicted octanol–water partition coefficient (Wildman–Crippen LogP) is 3.81. The predicted molar refractivity (Wildman–Crippen MR) is 97.9 cm³/mol. The van der Waals surface area contributed by atoms with E-state index in [-0.39, 0.29) is 18.6 Å². The molecule has 0 aliphatic rings. The van der Waals surface area contributed by atoms with Crippen molar-refractivity contribution in [1.29, 1.82) is 0 Å². The molecule has 0 bridgehead atoms. The van der Waals surface area contributed by atoms with E-state index in [1.54, 1.807) is 18.2 Å². The summed E-state index contributed by atoms with van der Waals surface area (Å²) in [7, 11) is 0. The van der Waals surface area contributed by atoms with Crippen molar-refractivity contribution in [2.45, 2.75) is 40.3 Å². The molecule has 0 radical (unpaired) electrons. The van der Waals surface area contributed by atoms with Gasteiger partial charge in [0.05, 0.1) is 11.6 Å². The Morgan fingerprint density at radius 2 is 1.88 bits per heavy atom. The van der Waals surface area contributed by atoms with E-state index in [4.69, 9.17) is 16.3 Å². The Kier molecular flexibility index (Phi) is 6.26. The summed E-state index contributed by atoms with van der Waals surface area (Å²) in [6, 6.07) is 8.81. The van der Waals surface area contributed by atoms with Crippen LogP contribution in [0.2, 0.25) is 5.02 Å². The molecule has 5 nitrogen and oxygen atoms in total. The number of carbonyl (C=O) groups is 2. The lowest BCUT2D eigenvalue weighted by Gasteiger charge is -2.14. The Balaban J connectivity index is 1.91. The second kappa shape index (κ2) is 8.21. The van der Waals surface area contributed by atoms with Gasteiger partial charge in [-0.25, -0.2) is 4.79 Å². The van der Waals surface area contributed by atoms with Gasteiger partial charge in [-0.2, -0.15) is 0 Å². The van der Waals surface area contributed by atoms with E-state index >= 15 is 0 Å². The van der Waals surface area contributed by atoms with Gasteiger partial charge >= 0.3 is 5.97 Å². The molecule has 0 fully saturated rings. The first-order valence-corrected chi connectivity index (χ1v) is 8.60. The second-order valence-corrected chi connectivity index (χ2v) is 6.38. The first kappa shape index (κ1) is 19.1. The van der Waals surface area contributed by atoms with Crippen LogP contribution in [-0.4, -0.2) is 23.1 Å². The summed E-state index contributed by atoms with van der Waals surface area (Å²) >= 11 is 5.85. The number of aryl methyl sites for hydroxylation is 1. The number of benzene rings is 1. The van der Waals surface area contributed by atoms with Crippen molar-refractivity contribution in [2.24, 2.45) is 0 Å². The van der Waals surface area contributed by atoms with Crippen LogP contribution < -0.4 is 5.32 Å². The average Bonchev–Trinajstić information content (AvgIpc) is 2.87. The highest BCUT2D eigenvalue weighted by atomic mass is 35.5. The SMILES string of the molecule is CCn1c(C)cc(C(=O)OCC(=O)N[C@H](C)c2ccc(Cl)cc2)c1C. The molecule has 134 valence electrons. The quantitative estimate of drug-likeness (QED) is 0.795. The molecule has 1 aromatic carbocycles. The van der Waals surface area contributed by atoms with E-state index in [9.17, 15) is 9.59 Å². The van der Waals surface area contributed by atoms with E-state index in [1.807, 2.05) is 44.4 Å². The number of hydrogen-bond acceptors (Lipinski definition) is 3. The summed E-state index contributed by atoms with van der Waals surface area (Å²) in [5.41, 5.74) is 3.26. The maximum Gasteiger partial charge on any atom is 0.340 e. The van der Waals surface area contributed by atoms with Crippen LogP contribution in [0.15, 0.2) is 30.3 Å². The number of aromatic nitrogens is 1. The van der Waals surface area contributed by atoms with Gasteiger partial charge in [-0.3, -0.25) is 4.79 Å². The van der Waals surface area contributed by atoms with E-state index in [1.165, 1.54) is 0 Å². The van der Waals surface area contributed by atoms with E-state index in [0.717, 1.165) is 23.5 Å². The molecule has 1 N–H and O–H groups in total. The van der Waals surface area contributed by atoms with Crippen molar-refractivity contribution in [3.05, 3.63) is 57.9 Å². The fraction of sp³-hybridized carbons (Fsp3) is 0.368. The standard InChI is InChI=1S/C19H23ClN2O3/c1-5-22-12(2)10-17(14(22)4)19(24)25-11-18(23)21-13(3)15-6-8-16(20)9-7-15/h6-10,13H,5,11H2,1-4H3,(H,21,23)/t13-/m1/s1. The molecule has 1 atom stereocenters. The van der Waals surface area contributed by atoms with Crippen molar-refractivity contribution in [3.63, 3.8) is 0 Å². The van der Waals surface area contributed by atoms with Gasteiger partial charge in [-0.1, -0.05) is 23.7 Å². The van der Waals surface area contributed by atoms with Crippen LogP contribution in [0.3, 0.4) is 0 Å². The molecule has 1 heterocycles. The van der Waals surface area contributed by atoms with Gasteiger partial charge in [0.2, 0.25) is 0 Å². The minimum Gasteiger partial charge on any atom is -0.452 e. The third kappa shape index (κ3) is 4.63. The lowest BCUT2D eigenvalue weighted by molar-refractivity contribution is -0.124. The van der Waals surface area contributed by atoms with E-state index in [2.05, 4.69) is 5.32 Å². The molecule has 0 spiro atoms. The zero-order chi connectivity index (χ0) is 18.6. The van der Waals surface area contributed by atoms with Crippen LogP contribution in [0.1, 0.15) is 47.2 Å². The van der Waals surface area contributed by atoms with Gasteiger partial charge in [0.15, 0.2) is 6.61 Å². The first-order valence-electron chi connectivity index (χ1n) is 8.22. The van der Waals surface area contributed by atoms with E-state index in [0.29, 0.717) is 10.6 Å². The maximum atomic E-state index is 12.2. The molecule has 2 rings (SSSR count). The first-order chi connectivity index (χ1) is 11.8. The minimum atomic E-state index is -0.484. The van der Waals surface area contributed by atoms with Crippen molar-refractivity contribution in [1.82, 2.24) is 9.88 Å². The fourth-order valence-electron chi connectivity index (χ4n) is 2.82. The summed E-state index contributed by atoms with van der Waals surface area (Å²) in [4.78, 5) is 24.2. The molecule has 1 amide bonds. The molecule has 1 aromatic heterocycles. The van der Waals surface area contributed by atoms with Crippen LogP contribution in [0, 0.1) is 13.8 Å². The molecule has 6 heteroatoms. The Morgan fingerprint density at radius 3 is 2.44 bits per heavy atom. The second-order valence-electron chi connectivity index (χ2n) is 5.95. The summed E-state index contributed by atoms with van der Waals surface area (Å²) < 4.78 is 7.18. The fourth-order valence-corrected chi connectivity index (χ4v) is 2.95. The summed E-state index contributed by atoms with van der Waals surface area (Å²) in [5.74, 6) is -0.831. The van der Waals surface area contributed by atoms with Crippen LogP contribution in [0.25, 0.3) is 0 Å². The van der Waals surface area contributed by atoms with Crippen molar-refractivity contribution >= 4 is 23.5 Å². The summed E-state index contributed by atoms with van der Waals surface area (Å²) in [6.45, 7) is 8.15. The molecule has 0 aliphatic heterocycles. The van der Waals surface area contributed by atoms with Gasteiger partial charge < -0.3 is 14.6 Å². The molecule has 2 aromatic rings. The van der Waals surface area contributed by atoms with Gasteiger partial charge in [0.25, 0.3) is 5.91 Å². The highest BCUT2D eigenvalue weighted by molar-refractivity contribution is 6.30. The Hall–Kier alpha value is -2.27. The van der Waals surface area contributed by atoms with Crippen molar-refractivity contribution < 1.29 is 14.3 Å². The number of ether oxygens (including phenoxy) is 1. The van der Waals surface area contributed by atoms with Gasteiger partial charge in [-0.15, -0.1) is 0 Å². The van der Waals surface area contributed by atoms with Crippen molar-refractivity contribution in [2.75, 3.05) is 6.61 Å². The van der Waals surface area contributed by atoms with Gasteiger partial charge in [-0.05, 0) is 51.5 Å². The van der Waals surface area contributed by atoms with Gasteiger partial charge in [0, 0.05) is 23.0 Å². The Labute approximate surface area is 152 Å². The number of carbonyl (C=O) groups excluding carboxylic acids is 2. The normalized spacial score (nSPS) is 11.9. The lowest BCUT2D eigenvalue weighted by Crippen LogP contribution is -2.31. The average molecular weight is 363 g/mol. The number of rotatable bonds is 6. The number of amides is 1. The molecular formula is C19H23ClN2O3. The Bertz CT molecular complexity index is 766. The van der Waals surface area contributed by atoms with Crippen LogP contribution in [0.5, 0.6) is 0 Å². The summed E-state index contributed by atoms with van der Waals surface area (Å²) in [6.07, 6.45) is 0. The van der Waals surface area contributed by atoms with Crippen LogP contribution in [-0.2, 0) is 16.1 Å². The third-order valence-corrected chi connectivity index (χ3v) is 4.44. The maximum absolute atomic E-state index is 12.2. The molecule has 0 saturated carbocycles. The largest absolute Gasteiger partial charge is 0.452 e. The molecule has 25 heavy (non-hydrogen) atoms. The van der Waals surface area contributed by atoms with Crippen LogP contribution >= 0.6 is 11.6 Å². The van der Waals surface area contributed by atoms with E-state index < -0.39 is 5.97 Å². The van der Waals surface area contributed by atoms with Gasteiger partial charge in [0.1, 0.15) is 0 Å². The molecular weight excluding hydrogens is 340 g/mol. The summed E-state index contributed by atoms with van der Waals surface area (Å²) in [5, 5.41) is 3.44. The minimum absolute atomic E-state index is 0.200. The van der Waals surface area contributed by atoms with Crippen molar-refractivity contribution in [3.8, 4) is 0 Å². The monoisotopic (exact) mass is 362 g/mol. The molecule has 0 saturated heterocycles. The zero-order valence-corrected chi connectivity index (χ0v) is 15.7. The number of nitrogens with one attached hydrogen (secondary N) is 1. The number of nitrogens with zero attached hydrogens (tertiary/aromatic N) is 1. The third-order valence-electron chi connectivity index (χ3n) is 4.19. The highest BCUT2D eigenvalue weighted by Crippen LogP contribution is 2.17. The number of halogens is 1. The number of hydrogen-bond donors (Lipinski definition) is 1. The highest BCUT2D eigenvalue weighted by Gasteiger charge is 2.18. The Morgan fingerprint density at radius 1 is 1.24 bits per heavy atom. The smallest absolute Gasteiger partial charge is 0.340 e.